The van der Waals surface area contributed by atoms with Gasteiger partial charge in [0.1, 0.15) is 11.6 Å². The van der Waals surface area contributed by atoms with Crippen molar-refractivity contribution in [2.75, 3.05) is 31.5 Å². The van der Waals surface area contributed by atoms with Gasteiger partial charge in [0.25, 0.3) is 0 Å². The van der Waals surface area contributed by atoms with Crippen LogP contribution in [0.1, 0.15) is 57.8 Å². The van der Waals surface area contributed by atoms with Crippen LogP contribution in [0.4, 0.5) is 5.69 Å². The Morgan fingerprint density at radius 3 is 2.48 bits per heavy atom. The van der Waals surface area contributed by atoms with E-state index in [-0.39, 0.29) is 23.8 Å². The van der Waals surface area contributed by atoms with Gasteiger partial charge >= 0.3 is 0 Å². The van der Waals surface area contributed by atoms with Crippen molar-refractivity contribution in [3.8, 4) is 0 Å². The Bertz CT molecular complexity index is 1180. The predicted octanol–water partition coefficient (Wildman–Crippen LogP) is 4.41. The quantitative estimate of drug-likeness (QED) is 0.439. The van der Waals surface area contributed by atoms with Gasteiger partial charge in [-0.1, -0.05) is 61.0 Å². The molecule has 2 N–H and O–H groups in total. The van der Waals surface area contributed by atoms with Crippen molar-refractivity contribution in [2.24, 2.45) is 11.8 Å². The first kappa shape index (κ1) is 28.0. The van der Waals surface area contributed by atoms with E-state index in [1.807, 2.05) is 12.2 Å². The largest absolute Gasteiger partial charge is 0.359 e. The van der Waals surface area contributed by atoms with Gasteiger partial charge in [-0.15, -0.1) is 0 Å². The van der Waals surface area contributed by atoms with Crippen molar-refractivity contribution in [1.82, 2.24) is 15.1 Å². The van der Waals surface area contributed by atoms with Crippen LogP contribution in [0.3, 0.4) is 0 Å². The van der Waals surface area contributed by atoms with Crippen LogP contribution in [-0.4, -0.2) is 77.5 Å². The molecule has 40 heavy (non-hydrogen) atoms. The van der Waals surface area contributed by atoms with Crippen LogP contribution in [0.15, 0.2) is 30.4 Å². The number of rotatable bonds is 8. The number of ether oxygens (including phenoxy) is 1. The molecular weight excluding hydrogens is 551 g/mol. The summed E-state index contributed by atoms with van der Waals surface area (Å²) in [6.07, 6.45) is 12.9. The van der Waals surface area contributed by atoms with E-state index in [0.717, 1.165) is 51.7 Å². The minimum Gasteiger partial charge on any atom is -0.359 e. The van der Waals surface area contributed by atoms with E-state index >= 15 is 0 Å². The predicted molar refractivity (Wildman–Crippen MR) is 154 cm³/mol. The highest BCUT2D eigenvalue weighted by atomic mass is 35.5. The summed E-state index contributed by atoms with van der Waals surface area (Å²) in [5.41, 5.74) is -0.652. The number of carbonyl (C=O) groups excluding carboxylic acids is 3. The van der Waals surface area contributed by atoms with Crippen molar-refractivity contribution in [3.63, 3.8) is 0 Å². The second-order valence-electron chi connectivity index (χ2n) is 12.0. The van der Waals surface area contributed by atoms with Gasteiger partial charge in [-0.25, -0.2) is 0 Å². The van der Waals surface area contributed by atoms with Gasteiger partial charge in [-0.2, -0.15) is 0 Å². The zero-order valence-electron chi connectivity index (χ0n) is 22.7. The maximum atomic E-state index is 14.1. The van der Waals surface area contributed by atoms with Crippen LogP contribution in [-0.2, 0) is 19.1 Å². The number of hydrogen-bond donors (Lipinski definition) is 2. The van der Waals surface area contributed by atoms with Crippen molar-refractivity contribution in [2.45, 2.75) is 81.6 Å². The molecule has 1 aromatic carbocycles. The number of benzene rings is 1. The zero-order valence-corrected chi connectivity index (χ0v) is 24.3. The summed E-state index contributed by atoms with van der Waals surface area (Å²) in [5.74, 6) is -2.18. The minimum absolute atomic E-state index is 0.110. The van der Waals surface area contributed by atoms with E-state index in [2.05, 4.69) is 15.5 Å². The van der Waals surface area contributed by atoms with Crippen LogP contribution in [0.2, 0.25) is 10.0 Å². The zero-order chi connectivity index (χ0) is 27.9. The van der Waals surface area contributed by atoms with Gasteiger partial charge in [0.05, 0.1) is 28.0 Å². The highest BCUT2D eigenvalue weighted by Crippen LogP contribution is 2.55. The molecule has 0 aromatic heterocycles. The molecule has 1 saturated carbocycles. The summed E-state index contributed by atoms with van der Waals surface area (Å²) >= 11 is 12.2. The van der Waals surface area contributed by atoms with E-state index in [9.17, 15) is 14.4 Å². The van der Waals surface area contributed by atoms with E-state index < -0.39 is 29.6 Å². The molecule has 1 aliphatic carbocycles. The van der Waals surface area contributed by atoms with Gasteiger partial charge < -0.3 is 25.2 Å². The minimum atomic E-state index is -1.15. The molecule has 4 aliphatic heterocycles. The summed E-state index contributed by atoms with van der Waals surface area (Å²) in [5, 5.41) is 6.88. The normalized spacial score (nSPS) is 31.9. The number of nitrogens with one attached hydrogen (secondary N) is 2. The first-order valence-electron chi connectivity index (χ1n) is 14.8. The van der Waals surface area contributed by atoms with Crippen LogP contribution in [0.5, 0.6) is 0 Å². The Morgan fingerprint density at radius 2 is 1.73 bits per heavy atom. The van der Waals surface area contributed by atoms with Crippen molar-refractivity contribution in [3.05, 3.63) is 40.4 Å². The summed E-state index contributed by atoms with van der Waals surface area (Å²) in [6.45, 7) is 3.51. The highest BCUT2D eigenvalue weighted by Gasteiger charge is 2.72. The molecule has 5 atom stereocenters. The number of hydrogen-bond acceptors (Lipinski definition) is 5. The lowest BCUT2D eigenvalue weighted by molar-refractivity contribution is -0.141. The summed E-state index contributed by atoms with van der Waals surface area (Å²) < 4.78 is 6.47. The summed E-state index contributed by atoms with van der Waals surface area (Å²) in [4.78, 5) is 45.8. The average Bonchev–Trinajstić information content (AvgIpc) is 3.59. The molecule has 10 heteroatoms. The van der Waals surface area contributed by atoms with E-state index in [4.69, 9.17) is 27.9 Å². The molecule has 3 amide bonds. The number of anilines is 1. The first-order valence-corrected chi connectivity index (χ1v) is 15.6. The molecule has 3 saturated heterocycles. The van der Waals surface area contributed by atoms with Gasteiger partial charge in [-0.3, -0.25) is 14.4 Å². The Morgan fingerprint density at radius 1 is 0.975 bits per heavy atom. The van der Waals surface area contributed by atoms with Crippen molar-refractivity contribution >= 4 is 46.6 Å². The van der Waals surface area contributed by atoms with Gasteiger partial charge in [0, 0.05) is 18.3 Å². The maximum absolute atomic E-state index is 14.1. The lowest BCUT2D eigenvalue weighted by Gasteiger charge is -2.34. The highest BCUT2D eigenvalue weighted by molar-refractivity contribution is 6.42. The smallest absolute Gasteiger partial charge is 0.246 e. The molecule has 4 heterocycles. The molecule has 216 valence electrons. The van der Waals surface area contributed by atoms with Gasteiger partial charge in [-0.05, 0) is 69.9 Å². The molecule has 3 unspecified atom stereocenters. The molecule has 1 aromatic rings. The maximum Gasteiger partial charge on any atom is 0.246 e. The second kappa shape index (κ2) is 11.6. The lowest BCUT2D eigenvalue weighted by atomic mass is 9.74. The number of nitrogens with zero attached hydrogens (tertiary/aromatic N) is 2. The van der Waals surface area contributed by atoms with E-state index in [1.165, 1.54) is 25.7 Å². The molecular formula is C30H38Cl2N4O4. The van der Waals surface area contributed by atoms with Gasteiger partial charge in [0.2, 0.25) is 17.7 Å². The number of piperidine rings is 1. The third-order valence-corrected chi connectivity index (χ3v) is 10.1. The fraction of sp³-hybridized carbons (Fsp3) is 0.633. The fourth-order valence-electron chi connectivity index (χ4n) is 7.48. The molecule has 1 spiro atoms. The van der Waals surface area contributed by atoms with Crippen LogP contribution >= 0.6 is 23.2 Å². The molecule has 4 fully saturated rings. The first-order chi connectivity index (χ1) is 19.4. The Labute approximate surface area is 245 Å². The molecule has 8 nitrogen and oxygen atoms in total. The SMILES string of the molecule is O=C(Nc1ccc(Cl)c(Cl)c1)C1[C@@H]2C=CC3(O2)C(C(=O)NC2CCCCC2)N(CCCN2CCCCC2)C(=O)[C@H]13. The number of amides is 3. The van der Waals surface area contributed by atoms with Crippen molar-refractivity contribution < 1.29 is 19.1 Å². The second-order valence-corrected chi connectivity index (χ2v) is 12.8. The Balaban J connectivity index is 1.24. The molecule has 6 rings (SSSR count). The lowest BCUT2D eigenvalue weighted by Crippen LogP contribution is -2.56. The average molecular weight is 590 g/mol. The summed E-state index contributed by atoms with van der Waals surface area (Å²) in [7, 11) is 0. The standard InChI is InChI=1S/C30H38Cl2N4O4/c31-21-11-10-20(18-22(21)32)34-27(37)24-23-12-13-30(40-23)25(24)29(39)36(17-7-16-35-14-5-2-6-15-35)26(30)28(38)33-19-8-3-1-4-9-19/h10-13,18-19,23-26H,1-9,14-17H2,(H,33,38)(H,34,37)/t23-,24?,25-,26?,30?/m0/s1. The van der Waals surface area contributed by atoms with Crippen LogP contribution < -0.4 is 10.6 Å². The van der Waals surface area contributed by atoms with Crippen molar-refractivity contribution in [1.29, 1.82) is 0 Å². The van der Waals surface area contributed by atoms with Crippen LogP contribution in [0.25, 0.3) is 0 Å². The number of fused-ring (bicyclic) bond motifs is 1. The number of carbonyl (C=O) groups is 3. The van der Waals surface area contributed by atoms with Crippen LogP contribution in [0, 0.1) is 11.8 Å². The number of halogens is 2. The Kier molecular flexibility index (Phi) is 8.14. The fourth-order valence-corrected chi connectivity index (χ4v) is 7.78. The number of likely N-dealkylation sites (tertiary alicyclic amines) is 2. The molecule has 2 bridgehead atoms. The third kappa shape index (κ3) is 5.17. The monoisotopic (exact) mass is 588 g/mol. The third-order valence-electron chi connectivity index (χ3n) is 9.39. The van der Waals surface area contributed by atoms with E-state index in [1.54, 1.807) is 23.1 Å². The van der Waals surface area contributed by atoms with Gasteiger partial charge in [0.15, 0.2) is 0 Å². The Hall–Kier alpha value is -2.13. The molecule has 5 aliphatic rings. The molecule has 0 radical (unpaired) electrons. The topological polar surface area (TPSA) is 91.0 Å². The summed E-state index contributed by atoms with van der Waals surface area (Å²) in [6, 6.07) is 4.20. The van der Waals surface area contributed by atoms with E-state index in [0.29, 0.717) is 22.3 Å².